The number of rotatable bonds is 13. The standard InChI is InChI=1S/C58H41N4.C53H39N4.2Pt/c1-39(2)45-21-6-7-22-46(45)40-33-34-59-57(35-40)62-53-28-13-10-25-49(53)50-32-31-42(37-56(50)62)58(51-26-11-8-23-47(51)48-24-9-12-27-52(48)58)41-17-16-20-44(36-41)61-38-60(43-18-4-3-5-19-43)54-29-14-15-30-55(54)61;1-35(2)40-17-4-5-18-41(40)36-29-30-54-52(31-36)57-48-24-11-8-21-44(48)45-28-27-38(33-51(45)57)53(46-22-9-6-19-42(46)43-20-7-10-23-47(43)53)37-15-14-16-39(32-37)56-34-55(3)49-25-12-13-26-50(49)56;;/h3-35,38-39H,1-2H3;4-31,34-35H,1-3H3;;/q2*-1;;/i;3D3;;. The van der Waals surface area contributed by atoms with E-state index >= 15 is 0 Å². The molecule has 0 spiro atoms. The third-order valence-electron chi connectivity index (χ3n) is 24.8. The fourth-order valence-electron chi connectivity index (χ4n) is 19.6. The molecule has 21 aromatic rings. The van der Waals surface area contributed by atoms with E-state index in [0.717, 1.165) is 139 Å². The second-order valence-corrected chi connectivity index (χ2v) is 31.9. The zero-order valence-electron chi connectivity index (χ0n) is 69.7. The molecule has 0 amide bonds. The summed E-state index contributed by atoms with van der Waals surface area (Å²) in [4.78, 5) is 10.1. The monoisotopic (exact) mass is 1920 g/mol. The van der Waals surface area contributed by atoms with E-state index in [4.69, 9.17) is 14.1 Å². The van der Waals surface area contributed by atoms with E-state index in [1.807, 2.05) is 47.3 Å². The molecule has 0 N–H and O–H groups in total. The maximum Gasteiger partial charge on any atom is 0.188 e. The second-order valence-electron chi connectivity index (χ2n) is 31.9. The molecule has 0 radical (unpaired) electrons. The first-order valence-corrected chi connectivity index (χ1v) is 40.9. The third-order valence-corrected chi connectivity index (χ3v) is 24.8. The Morgan fingerprint density at radius 2 is 0.661 bits per heavy atom. The average molecular weight is 1920 g/mol. The number of fused-ring (bicyclic) bond motifs is 14. The van der Waals surface area contributed by atoms with Gasteiger partial charge in [-0.3, -0.25) is 0 Å². The van der Waals surface area contributed by atoms with Crippen molar-refractivity contribution >= 4 is 65.7 Å². The van der Waals surface area contributed by atoms with Crippen LogP contribution in [0.2, 0.25) is 0 Å². The first-order chi connectivity index (χ1) is 59.8. The van der Waals surface area contributed by atoms with Gasteiger partial charge in [-0.05, 0) is 161 Å². The summed E-state index contributed by atoms with van der Waals surface area (Å²) in [6.45, 7) is 6.63. The van der Waals surface area contributed by atoms with E-state index < -0.39 is 17.8 Å². The number of hydrogen-bond donors (Lipinski definition) is 0. The number of hydrogen-bond acceptors (Lipinski definition) is 2. The van der Waals surface area contributed by atoms with Crippen molar-refractivity contribution < 1.29 is 46.2 Å². The van der Waals surface area contributed by atoms with Crippen LogP contribution in [0.5, 0.6) is 0 Å². The van der Waals surface area contributed by atoms with Crippen molar-refractivity contribution in [2.45, 2.75) is 50.4 Å². The summed E-state index contributed by atoms with van der Waals surface area (Å²) < 4.78 is 37.4. The number of imidazole rings is 2. The van der Waals surface area contributed by atoms with Crippen LogP contribution in [0.25, 0.3) is 139 Å². The number of pyridine rings is 2. The van der Waals surface area contributed by atoms with E-state index in [0.29, 0.717) is 17.4 Å². The van der Waals surface area contributed by atoms with Crippen molar-refractivity contribution in [1.29, 1.82) is 0 Å². The summed E-state index contributed by atoms with van der Waals surface area (Å²) in [5.74, 6) is 2.44. The average Bonchev–Trinajstić information content (AvgIpc) is 1.53. The fraction of sp³-hybridized carbons (Fsp3) is 0.0811. The van der Waals surface area contributed by atoms with Crippen LogP contribution in [0.15, 0.2) is 383 Å². The largest absolute Gasteiger partial charge is 0.319 e. The summed E-state index contributed by atoms with van der Waals surface area (Å²) in [6.07, 6.45) is 7.73. The van der Waals surface area contributed by atoms with Gasteiger partial charge < -0.3 is 9.13 Å². The van der Waals surface area contributed by atoms with E-state index in [9.17, 15) is 0 Å². The van der Waals surface area contributed by atoms with Crippen molar-refractivity contribution in [1.82, 2.24) is 37.4 Å². The van der Waals surface area contributed by atoms with Crippen LogP contribution in [0.3, 0.4) is 0 Å². The Kier molecular flexibility index (Phi) is 18.5. The molecule has 0 bridgehead atoms. The molecule has 2 aliphatic carbocycles. The van der Waals surface area contributed by atoms with Gasteiger partial charge in [0.25, 0.3) is 0 Å². The van der Waals surface area contributed by atoms with Gasteiger partial charge in [-0.15, -0.1) is 51.2 Å². The molecule has 10 heteroatoms. The second kappa shape index (κ2) is 30.7. The van der Waals surface area contributed by atoms with Gasteiger partial charge in [0.15, 0.2) is 34.7 Å². The Morgan fingerprint density at radius 1 is 0.306 bits per heavy atom. The summed E-state index contributed by atoms with van der Waals surface area (Å²) in [7, 11) is 0. The normalized spacial score (nSPS) is 13.3. The van der Waals surface area contributed by atoms with Gasteiger partial charge in [0.1, 0.15) is 17.3 Å². The summed E-state index contributed by atoms with van der Waals surface area (Å²) in [5, 5.41) is 4.52. The molecule has 121 heavy (non-hydrogen) atoms. The zero-order chi connectivity index (χ0) is 82.1. The summed E-state index contributed by atoms with van der Waals surface area (Å²) in [5.41, 5.74) is 29.8. The van der Waals surface area contributed by atoms with Gasteiger partial charge in [-0.25, -0.2) is 23.7 Å². The molecule has 0 fully saturated rings. The molecule has 0 aliphatic heterocycles. The van der Waals surface area contributed by atoms with Crippen LogP contribution in [-0.4, -0.2) is 37.4 Å². The number of aryl methyl sites for hydroxylation is 1. The molecule has 23 rings (SSSR count). The Hall–Kier alpha value is -13.5. The molecular formula is C111H80N8Pt2-2. The van der Waals surface area contributed by atoms with E-state index in [2.05, 4.69) is 404 Å². The number of benzene rings is 15. The third kappa shape index (κ3) is 12.1. The van der Waals surface area contributed by atoms with Crippen molar-refractivity contribution in [2.24, 2.45) is 6.98 Å². The summed E-state index contributed by atoms with van der Waals surface area (Å²) in [6, 6.07) is 143. The quantitative estimate of drug-likeness (QED) is 0.108. The fourth-order valence-corrected chi connectivity index (χ4v) is 19.6. The van der Waals surface area contributed by atoms with Crippen molar-refractivity contribution in [3.8, 4) is 73.2 Å². The van der Waals surface area contributed by atoms with Gasteiger partial charge in [0.05, 0.1) is 0 Å². The molecule has 15 aromatic carbocycles. The van der Waals surface area contributed by atoms with E-state index in [1.165, 1.54) is 54.5 Å². The molecule has 6 aromatic heterocycles. The van der Waals surface area contributed by atoms with Gasteiger partial charge >= 0.3 is 0 Å². The number of aromatic nitrogens is 8. The molecular weight excluding hydrogens is 1840 g/mol. The maximum atomic E-state index is 8.34. The van der Waals surface area contributed by atoms with Crippen molar-refractivity contribution in [2.75, 3.05) is 0 Å². The predicted molar refractivity (Wildman–Crippen MR) is 487 cm³/mol. The van der Waals surface area contributed by atoms with Crippen molar-refractivity contribution in [3.63, 3.8) is 0 Å². The zero-order valence-corrected chi connectivity index (χ0v) is 71.3. The minimum absolute atomic E-state index is 0. The summed E-state index contributed by atoms with van der Waals surface area (Å²) >= 11 is 0. The Morgan fingerprint density at radius 3 is 1.10 bits per heavy atom. The van der Waals surface area contributed by atoms with Crippen LogP contribution in [-0.2, 0) is 59.9 Å². The molecule has 8 nitrogen and oxygen atoms in total. The molecule has 0 saturated carbocycles. The van der Waals surface area contributed by atoms with Crippen LogP contribution < -0.4 is 0 Å². The van der Waals surface area contributed by atoms with Crippen LogP contribution >= 0.6 is 0 Å². The molecule has 2 aliphatic rings. The topological polar surface area (TPSA) is 55.4 Å². The smallest absolute Gasteiger partial charge is 0.188 e. The van der Waals surface area contributed by atoms with Gasteiger partial charge in [0, 0.05) is 123 Å². The van der Waals surface area contributed by atoms with Crippen LogP contribution in [0.1, 0.15) is 99.3 Å². The molecule has 0 unspecified atom stereocenters. The Balaban J connectivity index is 0.000000155. The van der Waals surface area contributed by atoms with E-state index in [-0.39, 0.29) is 42.1 Å². The van der Waals surface area contributed by atoms with E-state index in [1.54, 1.807) is 6.33 Å². The molecule has 6 heterocycles. The number of nitrogens with zero attached hydrogens (tertiary/aromatic N) is 8. The predicted octanol–water partition coefficient (Wildman–Crippen LogP) is 26.4. The van der Waals surface area contributed by atoms with Gasteiger partial charge in [-0.1, -0.05) is 257 Å². The Labute approximate surface area is 737 Å². The minimum Gasteiger partial charge on any atom is -0.319 e. The van der Waals surface area contributed by atoms with Crippen molar-refractivity contribution in [3.05, 3.63) is 463 Å². The number of para-hydroxylation sites is 7. The SMILES string of the molecule is CC(C)c1ccccc1-c1ccnc(-n2c3[c-]c(C4(c5[c-]c(-n6[cH+]n(-c7ccccc7)c7ccccc76)ccc5)c5ccccc5-c5ccccc54)ccc3c3ccccc32)c1.[2H]C([2H])([2H])n1[cH+]n(-c2[c-]c(C3(c4[c-]c5c(cc4)c4ccccc4n5-c4cc(-c5ccccc5C(C)C)ccn4)c4ccccc4-c4ccccc43)ccc2)c2ccccc21.[Pt].[Pt]. The molecule has 0 atom stereocenters. The molecule has 586 valence electrons. The van der Waals surface area contributed by atoms with Crippen LogP contribution in [0.4, 0.5) is 0 Å². The molecule has 0 saturated heterocycles. The maximum absolute atomic E-state index is 8.34. The first-order valence-electron chi connectivity index (χ1n) is 42.4. The minimum atomic E-state index is -2.36. The first kappa shape index (κ1) is 72.7. The van der Waals surface area contributed by atoms with Gasteiger partial charge in [0.2, 0.25) is 0 Å². The van der Waals surface area contributed by atoms with Crippen LogP contribution in [0, 0.1) is 24.3 Å². The van der Waals surface area contributed by atoms with Gasteiger partial charge in [-0.2, -0.15) is 65.2 Å². The Bertz CT molecular complexity index is 7670.